The molecule has 0 aromatic carbocycles. The number of hydrogen-bond acceptors (Lipinski definition) is 4. The largest absolute Gasteiger partial charge is 0.379 e. The minimum atomic E-state index is 0.0460. The normalized spacial score (nSPS) is 26.9. The van der Waals surface area contributed by atoms with Crippen molar-refractivity contribution in [1.82, 2.24) is 15.5 Å². The average Bonchev–Trinajstić information content (AvgIpc) is 2.84. The zero-order valence-corrected chi connectivity index (χ0v) is 9.71. The van der Waals surface area contributed by atoms with Gasteiger partial charge >= 0.3 is 0 Å². The molecule has 0 bridgehead atoms. The smallest absolute Gasteiger partial charge is 0.237 e. The molecule has 0 saturated carbocycles. The van der Waals surface area contributed by atoms with Crippen molar-refractivity contribution >= 4 is 5.91 Å². The van der Waals surface area contributed by atoms with Crippen molar-refractivity contribution < 1.29 is 9.53 Å². The summed E-state index contributed by atoms with van der Waals surface area (Å²) >= 11 is 0. The number of amides is 1. The summed E-state index contributed by atoms with van der Waals surface area (Å²) in [5.41, 5.74) is 0. The van der Waals surface area contributed by atoms with Crippen LogP contribution >= 0.6 is 0 Å². The molecule has 0 aliphatic carbocycles. The number of carbonyl (C=O) groups excluding carboxylic acids is 1. The van der Waals surface area contributed by atoms with Crippen LogP contribution < -0.4 is 10.6 Å². The topological polar surface area (TPSA) is 53.6 Å². The van der Waals surface area contributed by atoms with Crippen molar-refractivity contribution in [1.29, 1.82) is 0 Å². The first-order valence-electron chi connectivity index (χ1n) is 6.17. The number of hydrogen-bond donors (Lipinski definition) is 2. The van der Waals surface area contributed by atoms with Gasteiger partial charge in [-0.05, 0) is 19.4 Å². The monoisotopic (exact) mass is 227 g/mol. The Balaban J connectivity index is 1.57. The van der Waals surface area contributed by atoms with Crippen LogP contribution in [0, 0.1) is 0 Å². The number of rotatable bonds is 4. The summed E-state index contributed by atoms with van der Waals surface area (Å²) in [6.45, 7) is 6.26. The van der Waals surface area contributed by atoms with Crippen LogP contribution in [0.2, 0.25) is 0 Å². The van der Waals surface area contributed by atoms with Crippen LogP contribution in [-0.4, -0.2) is 62.8 Å². The van der Waals surface area contributed by atoms with Crippen LogP contribution in [0.5, 0.6) is 0 Å². The molecule has 92 valence electrons. The minimum absolute atomic E-state index is 0.0460. The quantitative estimate of drug-likeness (QED) is 0.659. The Bertz CT molecular complexity index is 223. The van der Waals surface area contributed by atoms with Crippen LogP contribution in [0.3, 0.4) is 0 Å². The van der Waals surface area contributed by atoms with Gasteiger partial charge in [0.1, 0.15) is 0 Å². The van der Waals surface area contributed by atoms with Gasteiger partial charge in [0.15, 0.2) is 0 Å². The molecule has 0 radical (unpaired) electrons. The molecule has 2 N–H and O–H groups in total. The van der Waals surface area contributed by atoms with Crippen LogP contribution in [0.15, 0.2) is 0 Å². The van der Waals surface area contributed by atoms with Crippen molar-refractivity contribution in [2.24, 2.45) is 0 Å². The van der Waals surface area contributed by atoms with E-state index in [1.54, 1.807) is 0 Å². The lowest BCUT2D eigenvalue weighted by Gasteiger charge is -2.26. The molecular formula is C11H21N3O2. The van der Waals surface area contributed by atoms with Gasteiger partial charge in [-0.25, -0.2) is 0 Å². The van der Waals surface area contributed by atoms with Crippen LogP contribution in [0.1, 0.15) is 12.8 Å². The highest BCUT2D eigenvalue weighted by molar-refractivity contribution is 5.81. The van der Waals surface area contributed by atoms with E-state index >= 15 is 0 Å². The number of nitrogens with zero attached hydrogens (tertiary/aromatic N) is 1. The summed E-state index contributed by atoms with van der Waals surface area (Å²) in [6.07, 6.45) is 2.09. The second kappa shape index (κ2) is 6.18. The molecular weight excluding hydrogens is 206 g/mol. The first-order chi connectivity index (χ1) is 7.86. The van der Waals surface area contributed by atoms with E-state index in [0.717, 1.165) is 58.8 Å². The van der Waals surface area contributed by atoms with Crippen molar-refractivity contribution in [3.63, 3.8) is 0 Å². The second-order valence-corrected chi connectivity index (χ2v) is 4.39. The van der Waals surface area contributed by atoms with E-state index in [4.69, 9.17) is 4.74 Å². The van der Waals surface area contributed by atoms with Gasteiger partial charge < -0.3 is 15.4 Å². The van der Waals surface area contributed by atoms with Crippen molar-refractivity contribution in [2.75, 3.05) is 45.9 Å². The maximum Gasteiger partial charge on any atom is 0.237 e. The highest BCUT2D eigenvalue weighted by Gasteiger charge is 2.21. The predicted octanol–water partition coefficient (Wildman–Crippen LogP) is -0.813. The first kappa shape index (κ1) is 11.8. The van der Waals surface area contributed by atoms with Crippen LogP contribution in [-0.2, 0) is 9.53 Å². The van der Waals surface area contributed by atoms with E-state index in [1.807, 2.05) is 0 Å². The Labute approximate surface area is 96.5 Å². The third kappa shape index (κ3) is 3.43. The fraction of sp³-hybridized carbons (Fsp3) is 0.909. The third-order valence-corrected chi connectivity index (χ3v) is 3.21. The summed E-state index contributed by atoms with van der Waals surface area (Å²) < 4.78 is 5.27. The van der Waals surface area contributed by atoms with E-state index in [-0.39, 0.29) is 11.9 Å². The van der Waals surface area contributed by atoms with Crippen molar-refractivity contribution in [2.45, 2.75) is 18.9 Å². The van der Waals surface area contributed by atoms with E-state index < -0.39 is 0 Å². The maximum atomic E-state index is 11.7. The number of ether oxygens (including phenoxy) is 1. The van der Waals surface area contributed by atoms with Gasteiger partial charge in [0, 0.05) is 26.2 Å². The summed E-state index contributed by atoms with van der Waals surface area (Å²) in [6, 6.07) is 0.0460. The maximum absolute atomic E-state index is 11.7. The Kier molecular flexibility index (Phi) is 4.56. The summed E-state index contributed by atoms with van der Waals surface area (Å²) in [5.74, 6) is 0.158. The van der Waals surface area contributed by atoms with Gasteiger partial charge in [0.05, 0.1) is 19.3 Å². The Hall–Kier alpha value is -0.650. The van der Waals surface area contributed by atoms with Crippen LogP contribution in [0.4, 0.5) is 0 Å². The van der Waals surface area contributed by atoms with E-state index in [1.165, 1.54) is 0 Å². The fourth-order valence-electron chi connectivity index (χ4n) is 2.19. The van der Waals surface area contributed by atoms with E-state index in [0.29, 0.717) is 0 Å². The molecule has 2 rings (SSSR count). The molecule has 5 heteroatoms. The summed E-state index contributed by atoms with van der Waals surface area (Å²) in [5, 5.41) is 6.19. The average molecular weight is 227 g/mol. The van der Waals surface area contributed by atoms with Crippen LogP contribution in [0.25, 0.3) is 0 Å². The molecule has 0 unspecified atom stereocenters. The van der Waals surface area contributed by atoms with E-state index in [9.17, 15) is 4.79 Å². The second-order valence-electron chi connectivity index (χ2n) is 4.39. The fourth-order valence-corrected chi connectivity index (χ4v) is 2.19. The van der Waals surface area contributed by atoms with E-state index in [2.05, 4.69) is 15.5 Å². The van der Waals surface area contributed by atoms with Gasteiger partial charge in [0.25, 0.3) is 0 Å². The lowest BCUT2D eigenvalue weighted by Crippen LogP contribution is -2.45. The first-order valence-corrected chi connectivity index (χ1v) is 6.17. The molecule has 2 fully saturated rings. The highest BCUT2D eigenvalue weighted by Crippen LogP contribution is 2.04. The number of carbonyl (C=O) groups is 1. The predicted molar refractivity (Wildman–Crippen MR) is 61.3 cm³/mol. The molecule has 0 aromatic heterocycles. The molecule has 16 heavy (non-hydrogen) atoms. The summed E-state index contributed by atoms with van der Waals surface area (Å²) in [4.78, 5) is 14.0. The van der Waals surface area contributed by atoms with Crippen molar-refractivity contribution in [3.05, 3.63) is 0 Å². The SMILES string of the molecule is O=C(NCCN1CCOCC1)[C@H]1CCCN1. The number of nitrogens with one attached hydrogen (secondary N) is 2. The molecule has 1 amide bonds. The number of morpholine rings is 1. The lowest BCUT2D eigenvalue weighted by molar-refractivity contribution is -0.122. The minimum Gasteiger partial charge on any atom is -0.379 e. The zero-order chi connectivity index (χ0) is 11.2. The molecule has 5 nitrogen and oxygen atoms in total. The molecule has 2 saturated heterocycles. The van der Waals surface area contributed by atoms with Gasteiger partial charge in [-0.1, -0.05) is 0 Å². The van der Waals surface area contributed by atoms with Gasteiger partial charge in [-0.2, -0.15) is 0 Å². The third-order valence-electron chi connectivity index (χ3n) is 3.21. The van der Waals surface area contributed by atoms with Gasteiger partial charge in [-0.15, -0.1) is 0 Å². The van der Waals surface area contributed by atoms with Gasteiger partial charge in [0.2, 0.25) is 5.91 Å². The standard InChI is InChI=1S/C11H21N3O2/c15-11(10-2-1-3-12-10)13-4-5-14-6-8-16-9-7-14/h10,12H,1-9H2,(H,13,15)/t10-/m1/s1. The Morgan fingerprint density at radius 1 is 1.44 bits per heavy atom. The molecule has 0 aromatic rings. The molecule has 2 aliphatic heterocycles. The zero-order valence-electron chi connectivity index (χ0n) is 9.71. The molecule has 0 spiro atoms. The van der Waals surface area contributed by atoms with Crippen molar-refractivity contribution in [3.8, 4) is 0 Å². The Morgan fingerprint density at radius 2 is 2.25 bits per heavy atom. The molecule has 2 aliphatic rings. The molecule has 2 heterocycles. The highest BCUT2D eigenvalue weighted by atomic mass is 16.5. The molecule has 1 atom stereocenters. The van der Waals surface area contributed by atoms with Gasteiger partial charge in [-0.3, -0.25) is 9.69 Å². The lowest BCUT2D eigenvalue weighted by atomic mass is 10.2. The summed E-state index contributed by atoms with van der Waals surface area (Å²) in [7, 11) is 0. The Morgan fingerprint density at radius 3 is 2.94 bits per heavy atom.